The fourth-order valence-corrected chi connectivity index (χ4v) is 2.16. The number of benzene rings is 1. The Labute approximate surface area is 88.9 Å². The van der Waals surface area contributed by atoms with Crippen molar-refractivity contribution < 1.29 is 4.39 Å². The van der Waals surface area contributed by atoms with E-state index in [1.165, 1.54) is 12.1 Å². The van der Waals surface area contributed by atoms with Crippen LogP contribution in [0.25, 0.3) is 0 Å². The molecule has 0 heterocycles. The molecule has 3 heteroatoms. The van der Waals surface area contributed by atoms with Crippen LogP contribution in [0.2, 0.25) is 0 Å². The van der Waals surface area contributed by atoms with Gasteiger partial charge in [-0.25, -0.2) is 4.39 Å². The number of nitrogens with two attached hydrogens (primary N) is 1. The first-order valence-electron chi connectivity index (χ1n) is 4.82. The maximum absolute atomic E-state index is 12.9. The van der Waals surface area contributed by atoms with Crippen LogP contribution in [0, 0.1) is 5.82 Å². The summed E-state index contributed by atoms with van der Waals surface area (Å²) in [4.78, 5) is 1.10. The molecule has 0 saturated carbocycles. The zero-order valence-electron chi connectivity index (χ0n) is 8.59. The van der Waals surface area contributed by atoms with Crippen LogP contribution < -0.4 is 5.73 Å². The standard InChI is InChI=1S/C11H16FNS/c1-3-8(2)14-11-5-4-10(12)6-9(11)7-13/h4-6,8H,3,7,13H2,1-2H3. The topological polar surface area (TPSA) is 26.0 Å². The van der Waals surface area contributed by atoms with E-state index in [0.29, 0.717) is 11.8 Å². The third kappa shape index (κ3) is 3.00. The zero-order chi connectivity index (χ0) is 10.6. The molecular weight excluding hydrogens is 197 g/mol. The molecule has 0 fully saturated rings. The molecule has 1 atom stereocenters. The van der Waals surface area contributed by atoms with Crippen molar-refractivity contribution in [1.29, 1.82) is 0 Å². The summed E-state index contributed by atoms with van der Waals surface area (Å²) in [5, 5.41) is 0.547. The average Bonchev–Trinajstić information content (AvgIpc) is 2.20. The van der Waals surface area contributed by atoms with Gasteiger partial charge in [-0.15, -0.1) is 11.8 Å². The highest BCUT2D eigenvalue weighted by Crippen LogP contribution is 2.28. The molecule has 0 aliphatic heterocycles. The van der Waals surface area contributed by atoms with E-state index in [2.05, 4.69) is 13.8 Å². The van der Waals surface area contributed by atoms with E-state index in [1.807, 2.05) is 6.07 Å². The van der Waals surface area contributed by atoms with Crippen LogP contribution in [0.15, 0.2) is 23.1 Å². The summed E-state index contributed by atoms with van der Waals surface area (Å²) in [6, 6.07) is 4.82. The molecule has 0 aliphatic rings. The Bertz CT molecular complexity index is 301. The van der Waals surface area contributed by atoms with E-state index in [-0.39, 0.29) is 5.82 Å². The molecule has 1 aromatic carbocycles. The van der Waals surface area contributed by atoms with Crippen molar-refractivity contribution in [2.45, 2.75) is 37.0 Å². The second-order valence-electron chi connectivity index (χ2n) is 3.29. The van der Waals surface area contributed by atoms with Crippen molar-refractivity contribution in [3.05, 3.63) is 29.6 Å². The van der Waals surface area contributed by atoms with E-state index in [1.54, 1.807) is 11.8 Å². The van der Waals surface area contributed by atoms with Gasteiger partial charge in [-0.1, -0.05) is 13.8 Å². The van der Waals surface area contributed by atoms with Gasteiger partial charge in [-0.2, -0.15) is 0 Å². The van der Waals surface area contributed by atoms with Gasteiger partial charge in [0.05, 0.1) is 0 Å². The molecular formula is C11H16FNS. The molecule has 1 unspecified atom stereocenters. The fraction of sp³-hybridized carbons (Fsp3) is 0.455. The number of thioether (sulfide) groups is 1. The summed E-state index contributed by atoms with van der Waals surface area (Å²) in [5.74, 6) is -0.209. The molecule has 0 amide bonds. The highest BCUT2D eigenvalue weighted by molar-refractivity contribution is 8.00. The van der Waals surface area contributed by atoms with Gasteiger partial charge < -0.3 is 5.73 Å². The molecule has 2 N–H and O–H groups in total. The molecule has 0 spiro atoms. The molecule has 1 aromatic rings. The monoisotopic (exact) mass is 213 g/mol. The van der Waals surface area contributed by atoms with Crippen LogP contribution in [-0.2, 0) is 6.54 Å². The molecule has 0 bridgehead atoms. The van der Waals surface area contributed by atoms with Crippen LogP contribution >= 0.6 is 11.8 Å². The van der Waals surface area contributed by atoms with Gasteiger partial charge in [-0.05, 0) is 30.2 Å². The normalized spacial score (nSPS) is 12.9. The van der Waals surface area contributed by atoms with Crippen LogP contribution in [0.4, 0.5) is 4.39 Å². The highest BCUT2D eigenvalue weighted by Gasteiger charge is 2.06. The lowest BCUT2D eigenvalue weighted by atomic mass is 10.2. The fourth-order valence-electron chi connectivity index (χ4n) is 1.12. The van der Waals surface area contributed by atoms with Crippen molar-refractivity contribution in [3.8, 4) is 0 Å². The summed E-state index contributed by atoms with van der Waals surface area (Å²) in [6.45, 7) is 4.70. The van der Waals surface area contributed by atoms with Crippen LogP contribution in [-0.4, -0.2) is 5.25 Å². The zero-order valence-corrected chi connectivity index (χ0v) is 9.40. The smallest absolute Gasteiger partial charge is 0.123 e. The molecule has 1 nitrogen and oxygen atoms in total. The van der Waals surface area contributed by atoms with Gasteiger partial charge in [0, 0.05) is 16.7 Å². The molecule has 0 saturated heterocycles. The Morgan fingerprint density at radius 2 is 2.21 bits per heavy atom. The third-order valence-corrected chi connectivity index (χ3v) is 3.53. The first kappa shape index (κ1) is 11.5. The molecule has 78 valence electrons. The molecule has 0 aromatic heterocycles. The second kappa shape index (κ2) is 5.37. The maximum atomic E-state index is 12.9. The van der Waals surface area contributed by atoms with Crippen molar-refractivity contribution in [1.82, 2.24) is 0 Å². The lowest BCUT2D eigenvalue weighted by Gasteiger charge is -2.11. The summed E-state index contributed by atoms with van der Waals surface area (Å²) in [5.41, 5.74) is 6.46. The molecule has 1 rings (SSSR count). The van der Waals surface area contributed by atoms with Gasteiger partial charge >= 0.3 is 0 Å². The van der Waals surface area contributed by atoms with E-state index in [0.717, 1.165) is 16.9 Å². The summed E-state index contributed by atoms with van der Waals surface area (Å²) >= 11 is 1.76. The van der Waals surface area contributed by atoms with Crippen LogP contribution in [0.3, 0.4) is 0 Å². The number of halogens is 1. The lowest BCUT2D eigenvalue weighted by Crippen LogP contribution is -2.01. The minimum Gasteiger partial charge on any atom is -0.326 e. The lowest BCUT2D eigenvalue weighted by molar-refractivity contribution is 0.623. The highest BCUT2D eigenvalue weighted by atomic mass is 32.2. The van der Waals surface area contributed by atoms with Crippen LogP contribution in [0.5, 0.6) is 0 Å². The molecule has 14 heavy (non-hydrogen) atoms. The predicted octanol–water partition coefficient (Wildman–Crippen LogP) is 3.18. The summed E-state index contributed by atoms with van der Waals surface area (Å²) in [7, 11) is 0. The van der Waals surface area contributed by atoms with Gasteiger partial charge in [0.15, 0.2) is 0 Å². The van der Waals surface area contributed by atoms with Crippen molar-refractivity contribution in [2.75, 3.05) is 0 Å². The summed E-state index contributed by atoms with van der Waals surface area (Å²) < 4.78 is 12.9. The largest absolute Gasteiger partial charge is 0.326 e. The van der Waals surface area contributed by atoms with Crippen molar-refractivity contribution in [2.24, 2.45) is 5.73 Å². The van der Waals surface area contributed by atoms with E-state index in [4.69, 9.17) is 5.73 Å². The maximum Gasteiger partial charge on any atom is 0.123 e. The number of hydrogen-bond acceptors (Lipinski definition) is 2. The first-order valence-corrected chi connectivity index (χ1v) is 5.70. The minimum absolute atomic E-state index is 0.209. The Morgan fingerprint density at radius 3 is 2.79 bits per heavy atom. The van der Waals surface area contributed by atoms with Gasteiger partial charge in [0.2, 0.25) is 0 Å². The van der Waals surface area contributed by atoms with Crippen molar-refractivity contribution >= 4 is 11.8 Å². The molecule has 0 radical (unpaired) electrons. The van der Waals surface area contributed by atoms with Gasteiger partial charge in [0.1, 0.15) is 5.82 Å². The first-order chi connectivity index (χ1) is 6.67. The van der Waals surface area contributed by atoms with E-state index < -0.39 is 0 Å². The van der Waals surface area contributed by atoms with E-state index in [9.17, 15) is 4.39 Å². The summed E-state index contributed by atoms with van der Waals surface area (Å²) in [6.07, 6.45) is 1.10. The Balaban J connectivity index is 2.85. The van der Waals surface area contributed by atoms with Crippen molar-refractivity contribution in [3.63, 3.8) is 0 Å². The Hall–Kier alpha value is -0.540. The third-order valence-electron chi connectivity index (χ3n) is 2.15. The number of hydrogen-bond donors (Lipinski definition) is 1. The SMILES string of the molecule is CCC(C)Sc1ccc(F)cc1CN. The Morgan fingerprint density at radius 1 is 1.50 bits per heavy atom. The predicted molar refractivity (Wildman–Crippen MR) is 59.9 cm³/mol. The number of rotatable bonds is 4. The van der Waals surface area contributed by atoms with Gasteiger partial charge in [0.25, 0.3) is 0 Å². The van der Waals surface area contributed by atoms with E-state index >= 15 is 0 Å². The quantitative estimate of drug-likeness (QED) is 0.777. The minimum atomic E-state index is -0.209. The Kier molecular flexibility index (Phi) is 4.42. The second-order valence-corrected chi connectivity index (χ2v) is 4.77. The average molecular weight is 213 g/mol. The molecule has 0 aliphatic carbocycles. The van der Waals surface area contributed by atoms with Crippen LogP contribution in [0.1, 0.15) is 25.8 Å². The van der Waals surface area contributed by atoms with Gasteiger partial charge in [-0.3, -0.25) is 0 Å².